The van der Waals surface area contributed by atoms with E-state index in [4.69, 9.17) is 0 Å². The maximum atomic E-state index is 11.3. The van der Waals surface area contributed by atoms with Gasteiger partial charge in [0.15, 0.2) is 0 Å². The molecule has 0 bridgehead atoms. The molecule has 0 saturated carbocycles. The van der Waals surface area contributed by atoms with Crippen LogP contribution in [0.15, 0.2) is 30.4 Å². The number of carbonyl (C=O) groups is 1. The average molecular weight is 244 g/mol. The topological polar surface area (TPSA) is 37.3 Å². The van der Waals surface area contributed by atoms with Crippen molar-refractivity contribution in [2.45, 2.75) is 44.9 Å². The van der Waals surface area contributed by atoms with Gasteiger partial charge in [-0.3, -0.25) is 0 Å². The van der Waals surface area contributed by atoms with Crippen LogP contribution in [0.4, 0.5) is 0 Å². The second-order valence-electron chi connectivity index (χ2n) is 4.94. The summed E-state index contributed by atoms with van der Waals surface area (Å²) in [5, 5.41) is 9.30. The monoisotopic (exact) mass is 244 g/mol. The Balaban J connectivity index is 2.33. The number of carboxylic acids is 1. The molecule has 0 aromatic heterocycles. The van der Waals surface area contributed by atoms with Crippen LogP contribution in [0.3, 0.4) is 0 Å². The summed E-state index contributed by atoms with van der Waals surface area (Å²) >= 11 is 0. The predicted octanol–water partition coefficient (Wildman–Crippen LogP) is 4.16. The summed E-state index contributed by atoms with van der Waals surface area (Å²) in [7, 11) is 0. The van der Waals surface area contributed by atoms with E-state index in [9.17, 15) is 9.90 Å². The molecule has 1 N–H and O–H groups in total. The van der Waals surface area contributed by atoms with Crippen LogP contribution in [0.25, 0.3) is 0 Å². The maximum Gasteiger partial charge on any atom is 0.335 e. The van der Waals surface area contributed by atoms with Gasteiger partial charge in [0.1, 0.15) is 0 Å². The smallest absolute Gasteiger partial charge is 0.335 e. The van der Waals surface area contributed by atoms with Gasteiger partial charge in [-0.25, -0.2) is 4.79 Å². The van der Waals surface area contributed by atoms with E-state index < -0.39 is 5.97 Å². The molecule has 0 aliphatic heterocycles. The van der Waals surface area contributed by atoms with Crippen LogP contribution in [0, 0.1) is 0 Å². The Morgan fingerprint density at radius 2 is 2.28 bits per heavy atom. The number of hydrogen-bond acceptors (Lipinski definition) is 1. The first-order valence-corrected chi connectivity index (χ1v) is 6.75. The van der Waals surface area contributed by atoms with Gasteiger partial charge in [0.2, 0.25) is 0 Å². The van der Waals surface area contributed by atoms with Crippen molar-refractivity contribution in [3.05, 3.63) is 47.0 Å². The highest BCUT2D eigenvalue weighted by Gasteiger charge is 2.15. The van der Waals surface area contributed by atoms with Crippen molar-refractivity contribution < 1.29 is 9.90 Å². The Morgan fingerprint density at radius 3 is 2.89 bits per heavy atom. The first-order valence-electron chi connectivity index (χ1n) is 6.75. The van der Waals surface area contributed by atoms with E-state index in [1.807, 2.05) is 12.1 Å². The molecule has 0 spiro atoms. The number of benzene rings is 1. The molecule has 1 aliphatic rings. The molecule has 1 unspecified atom stereocenters. The van der Waals surface area contributed by atoms with Crippen LogP contribution in [-0.2, 0) is 6.42 Å². The standard InChI is InChI=1S/C16H20O2/c1-2-6-13-9-10-14(11-15(13)16(17)18)12-7-4-3-5-8-12/h4,7,9-12H,2-3,5-6,8H2,1H3,(H,17,18). The molecule has 1 aromatic rings. The zero-order valence-corrected chi connectivity index (χ0v) is 10.9. The van der Waals surface area contributed by atoms with Crippen molar-refractivity contribution in [3.8, 4) is 0 Å². The molecule has 1 aliphatic carbocycles. The van der Waals surface area contributed by atoms with E-state index in [0.29, 0.717) is 11.5 Å². The summed E-state index contributed by atoms with van der Waals surface area (Å²) < 4.78 is 0. The molecular formula is C16H20O2. The number of allylic oxidation sites excluding steroid dienone is 2. The van der Waals surface area contributed by atoms with Crippen LogP contribution < -0.4 is 0 Å². The third-order valence-corrected chi connectivity index (χ3v) is 3.57. The van der Waals surface area contributed by atoms with E-state index in [0.717, 1.165) is 36.8 Å². The fourth-order valence-corrected chi connectivity index (χ4v) is 2.60. The fourth-order valence-electron chi connectivity index (χ4n) is 2.60. The lowest BCUT2D eigenvalue weighted by atomic mass is 9.87. The van der Waals surface area contributed by atoms with Gasteiger partial charge in [0.05, 0.1) is 5.56 Å². The quantitative estimate of drug-likeness (QED) is 0.807. The number of aryl methyl sites for hydroxylation is 1. The molecule has 0 amide bonds. The second-order valence-corrected chi connectivity index (χ2v) is 4.94. The second kappa shape index (κ2) is 5.85. The highest BCUT2D eigenvalue weighted by Crippen LogP contribution is 2.29. The highest BCUT2D eigenvalue weighted by atomic mass is 16.4. The Labute approximate surface area is 108 Å². The van der Waals surface area contributed by atoms with Crippen molar-refractivity contribution in [3.63, 3.8) is 0 Å². The third kappa shape index (κ3) is 2.81. The Hall–Kier alpha value is -1.57. The molecular weight excluding hydrogens is 224 g/mol. The van der Waals surface area contributed by atoms with Crippen molar-refractivity contribution in [2.24, 2.45) is 0 Å². The summed E-state index contributed by atoms with van der Waals surface area (Å²) in [5.41, 5.74) is 2.57. The number of carboxylic acid groups (broad SMARTS) is 1. The van der Waals surface area contributed by atoms with Gasteiger partial charge in [-0.1, -0.05) is 37.6 Å². The summed E-state index contributed by atoms with van der Waals surface area (Å²) in [5.74, 6) is -0.410. The SMILES string of the molecule is CCCc1ccc(C2C=CCCC2)cc1C(=O)O. The normalized spacial score (nSPS) is 18.8. The minimum Gasteiger partial charge on any atom is -0.478 e. The van der Waals surface area contributed by atoms with Gasteiger partial charge < -0.3 is 5.11 Å². The van der Waals surface area contributed by atoms with Crippen LogP contribution >= 0.6 is 0 Å². The molecule has 2 rings (SSSR count). The van der Waals surface area contributed by atoms with Gasteiger partial charge >= 0.3 is 5.97 Å². The van der Waals surface area contributed by atoms with E-state index >= 15 is 0 Å². The Morgan fingerprint density at radius 1 is 1.44 bits per heavy atom. The largest absolute Gasteiger partial charge is 0.478 e. The van der Waals surface area contributed by atoms with Crippen molar-refractivity contribution >= 4 is 5.97 Å². The summed E-state index contributed by atoms with van der Waals surface area (Å²) in [4.78, 5) is 11.3. The van der Waals surface area contributed by atoms with E-state index in [-0.39, 0.29) is 0 Å². The Bertz CT molecular complexity index is 460. The number of aromatic carboxylic acids is 1. The average Bonchev–Trinajstić information content (AvgIpc) is 2.40. The van der Waals surface area contributed by atoms with Crippen LogP contribution in [0.5, 0.6) is 0 Å². The van der Waals surface area contributed by atoms with E-state index in [1.54, 1.807) is 0 Å². The van der Waals surface area contributed by atoms with Gasteiger partial charge in [-0.15, -0.1) is 0 Å². The van der Waals surface area contributed by atoms with Gasteiger partial charge in [-0.2, -0.15) is 0 Å². The molecule has 0 heterocycles. The molecule has 96 valence electrons. The highest BCUT2D eigenvalue weighted by molar-refractivity contribution is 5.89. The minimum atomic E-state index is -0.805. The lowest BCUT2D eigenvalue weighted by molar-refractivity contribution is 0.0695. The van der Waals surface area contributed by atoms with Crippen LogP contribution in [0.1, 0.15) is 60.0 Å². The first kappa shape index (κ1) is 12.9. The van der Waals surface area contributed by atoms with Crippen LogP contribution in [-0.4, -0.2) is 11.1 Å². The zero-order chi connectivity index (χ0) is 13.0. The summed E-state index contributed by atoms with van der Waals surface area (Å²) in [6, 6.07) is 5.95. The van der Waals surface area contributed by atoms with Crippen molar-refractivity contribution in [1.82, 2.24) is 0 Å². The summed E-state index contributed by atoms with van der Waals surface area (Å²) in [6.45, 7) is 2.07. The Kier molecular flexibility index (Phi) is 4.19. The molecule has 0 radical (unpaired) electrons. The molecule has 1 atom stereocenters. The number of rotatable bonds is 4. The van der Waals surface area contributed by atoms with Crippen LogP contribution in [0.2, 0.25) is 0 Å². The molecule has 2 nitrogen and oxygen atoms in total. The predicted molar refractivity (Wildman–Crippen MR) is 73.1 cm³/mol. The van der Waals surface area contributed by atoms with Crippen molar-refractivity contribution in [2.75, 3.05) is 0 Å². The summed E-state index contributed by atoms with van der Waals surface area (Å²) in [6.07, 6.45) is 9.70. The zero-order valence-electron chi connectivity index (χ0n) is 10.9. The first-order chi connectivity index (χ1) is 8.72. The molecule has 0 fully saturated rings. The molecule has 1 aromatic carbocycles. The fraction of sp³-hybridized carbons (Fsp3) is 0.438. The van der Waals surface area contributed by atoms with E-state index in [1.165, 1.54) is 6.42 Å². The van der Waals surface area contributed by atoms with Crippen molar-refractivity contribution in [1.29, 1.82) is 0 Å². The van der Waals surface area contributed by atoms with Gasteiger partial charge in [-0.05, 0) is 42.9 Å². The molecule has 18 heavy (non-hydrogen) atoms. The van der Waals surface area contributed by atoms with Gasteiger partial charge in [0.25, 0.3) is 0 Å². The minimum absolute atomic E-state index is 0.396. The lowest BCUT2D eigenvalue weighted by Gasteiger charge is -2.18. The van der Waals surface area contributed by atoms with Gasteiger partial charge in [0, 0.05) is 5.92 Å². The lowest BCUT2D eigenvalue weighted by Crippen LogP contribution is -2.06. The third-order valence-electron chi connectivity index (χ3n) is 3.57. The number of hydrogen-bond donors (Lipinski definition) is 1. The molecule has 0 saturated heterocycles. The molecule has 2 heteroatoms. The van der Waals surface area contributed by atoms with E-state index in [2.05, 4.69) is 25.1 Å². The maximum absolute atomic E-state index is 11.3.